The third kappa shape index (κ3) is 3.00. The fourth-order valence-electron chi connectivity index (χ4n) is 5.27. The summed E-state index contributed by atoms with van der Waals surface area (Å²) in [5.74, 6) is 3.10. The van der Waals surface area contributed by atoms with Crippen molar-refractivity contribution >= 4 is 5.82 Å². The van der Waals surface area contributed by atoms with Crippen LogP contribution in [0.25, 0.3) is 22.4 Å². The Hall–Kier alpha value is -4.12. The van der Waals surface area contributed by atoms with Gasteiger partial charge in [-0.25, -0.2) is 9.37 Å². The average Bonchev–Trinajstić information content (AvgIpc) is 3.40. The topological polar surface area (TPSA) is 83.8 Å². The zero-order valence-corrected chi connectivity index (χ0v) is 18.9. The van der Waals surface area contributed by atoms with E-state index in [1.165, 1.54) is 12.1 Å². The van der Waals surface area contributed by atoms with Gasteiger partial charge >= 0.3 is 0 Å². The first-order valence-corrected chi connectivity index (χ1v) is 11.3. The van der Waals surface area contributed by atoms with Gasteiger partial charge in [0.15, 0.2) is 11.6 Å². The smallest absolute Gasteiger partial charge is 0.166 e. The highest BCUT2D eigenvalue weighted by Crippen LogP contribution is 2.46. The highest BCUT2D eigenvalue weighted by atomic mass is 19.1. The van der Waals surface area contributed by atoms with Gasteiger partial charge in [0.1, 0.15) is 17.6 Å². The Kier molecular flexibility index (Phi) is 4.49. The molecule has 0 spiro atoms. The van der Waals surface area contributed by atoms with Crippen LogP contribution in [-0.4, -0.2) is 24.5 Å². The molecule has 0 saturated carbocycles. The minimum Gasteiger partial charge on any atom is -0.482 e. The third-order valence-corrected chi connectivity index (χ3v) is 6.73. The molecule has 2 atom stereocenters. The first kappa shape index (κ1) is 20.5. The number of anilines is 1. The van der Waals surface area contributed by atoms with E-state index in [1.807, 2.05) is 30.9 Å². The summed E-state index contributed by atoms with van der Waals surface area (Å²) in [7, 11) is 1.90. The Morgan fingerprint density at radius 2 is 2.09 bits per heavy atom. The second-order valence-corrected chi connectivity index (χ2v) is 8.88. The van der Waals surface area contributed by atoms with E-state index in [9.17, 15) is 4.39 Å². The van der Waals surface area contributed by atoms with Gasteiger partial charge in [-0.05, 0) is 50.0 Å². The first-order chi connectivity index (χ1) is 16.4. The molecule has 2 N–H and O–H groups in total. The summed E-state index contributed by atoms with van der Waals surface area (Å²) in [5, 5.41) is 9.57. The first-order valence-electron chi connectivity index (χ1n) is 11.3. The van der Waals surface area contributed by atoms with Gasteiger partial charge in [0.2, 0.25) is 0 Å². The number of aryl methyl sites for hydroxylation is 2. The number of pyridine rings is 1. The predicted octanol–water partition coefficient (Wildman–Crippen LogP) is 4.43. The number of nitrogens with zero attached hydrogens (tertiary/aromatic N) is 5. The third-order valence-electron chi connectivity index (χ3n) is 6.73. The van der Waals surface area contributed by atoms with Gasteiger partial charge in [0.25, 0.3) is 0 Å². The van der Waals surface area contributed by atoms with Crippen molar-refractivity contribution in [2.75, 3.05) is 5.73 Å². The van der Waals surface area contributed by atoms with Crippen molar-refractivity contribution in [3.8, 4) is 40.5 Å². The van der Waals surface area contributed by atoms with Crippen LogP contribution in [-0.2, 0) is 13.6 Å². The number of nitrogens with two attached hydrogens (primary N) is 1. The van der Waals surface area contributed by atoms with Crippen molar-refractivity contribution in [3.63, 3.8) is 0 Å². The summed E-state index contributed by atoms with van der Waals surface area (Å²) in [6, 6.07) is 6.59. The van der Waals surface area contributed by atoms with Crippen LogP contribution in [0.4, 0.5) is 10.2 Å². The van der Waals surface area contributed by atoms with Crippen molar-refractivity contribution in [1.82, 2.24) is 24.5 Å². The van der Waals surface area contributed by atoms with Gasteiger partial charge in [-0.15, -0.1) is 6.42 Å². The lowest BCUT2D eigenvalue weighted by molar-refractivity contribution is 0.227. The summed E-state index contributed by atoms with van der Waals surface area (Å²) in [5.41, 5.74) is 12.8. The van der Waals surface area contributed by atoms with Crippen LogP contribution < -0.4 is 10.5 Å². The Morgan fingerprint density at radius 3 is 2.91 bits per heavy atom. The summed E-state index contributed by atoms with van der Waals surface area (Å²) in [4.78, 5) is 4.39. The van der Waals surface area contributed by atoms with E-state index in [1.54, 1.807) is 16.9 Å². The number of fused-ring (bicyclic) bond motifs is 7. The van der Waals surface area contributed by atoms with Gasteiger partial charge in [-0.1, -0.05) is 0 Å². The maximum Gasteiger partial charge on any atom is 0.166 e. The van der Waals surface area contributed by atoms with Crippen molar-refractivity contribution in [3.05, 3.63) is 65.0 Å². The lowest BCUT2D eigenvalue weighted by Gasteiger charge is -2.27. The number of ether oxygens (including phenoxy) is 1. The van der Waals surface area contributed by atoms with Crippen LogP contribution in [0.5, 0.6) is 5.75 Å². The molecule has 0 amide bonds. The molecule has 170 valence electrons. The average molecular weight is 455 g/mol. The lowest BCUT2D eigenvalue weighted by Crippen LogP contribution is -2.18. The van der Waals surface area contributed by atoms with Gasteiger partial charge < -0.3 is 10.5 Å². The van der Waals surface area contributed by atoms with Gasteiger partial charge in [-0.3, -0.25) is 9.36 Å². The molecule has 0 aliphatic carbocycles. The van der Waals surface area contributed by atoms with Crippen LogP contribution >= 0.6 is 0 Å². The maximum absolute atomic E-state index is 14.4. The number of rotatable bonds is 0. The van der Waals surface area contributed by atoms with E-state index < -0.39 is 6.10 Å². The molecule has 0 saturated heterocycles. The Labute approximate surface area is 196 Å². The molecule has 1 aromatic carbocycles. The van der Waals surface area contributed by atoms with Crippen molar-refractivity contribution in [2.24, 2.45) is 7.05 Å². The van der Waals surface area contributed by atoms with Crippen LogP contribution in [0.15, 0.2) is 36.7 Å². The molecular formula is C26H23FN6O. The Morgan fingerprint density at radius 1 is 1.24 bits per heavy atom. The molecule has 34 heavy (non-hydrogen) atoms. The van der Waals surface area contributed by atoms with E-state index in [0.29, 0.717) is 17.0 Å². The molecule has 2 aliphatic heterocycles. The fraction of sp³-hybridized carbons (Fsp3) is 0.269. The highest BCUT2D eigenvalue weighted by molar-refractivity contribution is 5.77. The highest BCUT2D eigenvalue weighted by Gasteiger charge is 2.34. The molecule has 3 aromatic heterocycles. The molecule has 2 bridgehead atoms. The molecule has 0 radical (unpaired) electrons. The van der Waals surface area contributed by atoms with Crippen LogP contribution in [0.2, 0.25) is 0 Å². The van der Waals surface area contributed by atoms with E-state index in [-0.39, 0.29) is 17.6 Å². The zero-order chi connectivity index (χ0) is 23.6. The molecule has 2 aliphatic rings. The molecule has 7 nitrogen and oxygen atoms in total. The van der Waals surface area contributed by atoms with Crippen molar-refractivity contribution in [1.29, 1.82) is 0 Å². The van der Waals surface area contributed by atoms with E-state index in [4.69, 9.17) is 27.1 Å². The van der Waals surface area contributed by atoms with Crippen LogP contribution in [0.3, 0.4) is 0 Å². The van der Waals surface area contributed by atoms with E-state index in [2.05, 4.69) is 10.9 Å². The van der Waals surface area contributed by atoms with Crippen molar-refractivity contribution in [2.45, 2.75) is 38.3 Å². The normalized spacial score (nSPS) is 18.4. The number of nitrogen functional groups attached to an aromatic ring is 1. The Bertz CT molecular complexity index is 1490. The number of benzene rings is 1. The number of hydrogen-bond donors (Lipinski definition) is 1. The zero-order valence-electron chi connectivity index (χ0n) is 18.9. The predicted molar refractivity (Wildman–Crippen MR) is 127 cm³/mol. The van der Waals surface area contributed by atoms with Gasteiger partial charge in [-0.2, -0.15) is 10.2 Å². The summed E-state index contributed by atoms with van der Waals surface area (Å²) < 4.78 is 24.5. The number of halogens is 1. The second kappa shape index (κ2) is 7.45. The molecule has 8 heteroatoms. The molecular weight excluding hydrogens is 431 g/mol. The van der Waals surface area contributed by atoms with Crippen LogP contribution in [0.1, 0.15) is 54.3 Å². The molecule has 6 rings (SSSR count). The number of aromatic nitrogens is 5. The van der Waals surface area contributed by atoms with Gasteiger partial charge in [0, 0.05) is 59.7 Å². The SMILES string of the molecule is C#Cc1nn2c3c1-c1cnc(N)c(c1)O[C@H](C)c1cc(F)ccc1-c1nn(C)cc1[C@H]3CCC2. The molecule has 0 fully saturated rings. The quantitative estimate of drug-likeness (QED) is 0.398. The fourth-order valence-corrected chi connectivity index (χ4v) is 5.27. The van der Waals surface area contributed by atoms with E-state index in [0.717, 1.165) is 53.0 Å². The minimum atomic E-state index is -0.500. The Balaban J connectivity index is 1.73. The molecule has 4 aromatic rings. The van der Waals surface area contributed by atoms with Crippen LogP contribution in [0, 0.1) is 18.2 Å². The number of terminal acetylenes is 1. The second-order valence-electron chi connectivity index (χ2n) is 8.88. The molecule has 0 unspecified atom stereocenters. The number of hydrogen-bond acceptors (Lipinski definition) is 5. The lowest BCUT2D eigenvalue weighted by atomic mass is 9.83. The minimum absolute atomic E-state index is 0.0107. The van der Waals surface area contributed by atoms with E-state index >= 15 is 0 Å². The summed E-state index contributed by atoms with van der Waals surface area (Å²) >= 11 is 0. The van der Waals surface area contributed by atoms with Gasteiger partial charge in [0.05, 0.1) is 11.4 Å². The monoisotopic (exact) mass is 454 g/mol. The standard InChI is InChI=1S/C26H23FN6O/c1-4-21-23-15-10-22(26(28)29-12-15)34-14(2)19-11-16(27)7-8-17(19)24-20(13-32(3)31-24)18-6-5-9-33(30-21)25(18)23/h1,7-8,10-14,18H,5-6,9H2,2-3H3,(H2,28,29)/t14-,18-/m1/s1. The molecule has 5 heterocycles. The van der Waals surface area contributed by atoms with Crippen molar-refractivity contribution < 1.29 is 9.13 Å². The summed E-state index contributed by atoms with van der Waals surface area (Å²) in [6.45, 7) is 2.65. The largest absolute Gasteiger partial charge is 0.482 e. The maximum atomic E-state index is 14.4. The summed E-state index contributed by atoms with van der Waals surface area (Å²) in [6.07, 6.45) is 11.0.